The summed E-state index contributed by atoms with van der Waals surface area (Å²) in [6, 6.07) is 9.15. The van der Waals surface area contributed by atoms with Gasteiger partial charge in [-0.3, -0.25) is 9.78 Å². The molecule has 1 amide bonds. The van der Waals surface area contributed by atoms with Crippen molar-refractivity contribution in [2.75, 3.05) is 12.3 Å². The number of anilines is 1. The number of nitrogens with zero attached hydrogens (tertiary/aromatic N) is 2. The van der Waals surface area contributed by atoms with Crippen LogP contribution in [-0.2, 0) is 6.54 Å². The van der Waals surface area contributed by atoms with Gasteiger partial charge < -0.3 is 10.6 Å². The maximum absolute atomic E-state index is 12.5. The van der Waals surface area contributed by atoms with E-state index in [9.17, 15) is 4.79 Å². The maximum Gasteiger partial charge on any atom is 0.255 e. The standard InChI is InChI=1S/C15H16ClN3O/c1-2-19(10-11-5-3-4-6-14(11)17)15(20)12-7-8-18-9-13(12)16/h3-9H,2,10,17H2,1H3. The quantitative estimate of drug-likeness (QED) is 0.880. The van der Waals surface area contributed by atoms with Gasteiger partial charge in [0.2, 0.25) is 0 Å². The second-order valence-electron chi connectivity index (χ2n) is 4.37. The van der Waals surface area contributed by atoms with Crippen LogP contribution in [0.4, 0.5) is 5.69 Å². The molecule has 0 unspecified atom stereocenters. The Bertz CT molecular complexity index is 616. The lowest BCUT2D eigenvalue weighted by atomic mass is 10.1. The first-order chi connectivity index (χ1) is 9.63. The number of nitrogen functional groups attached to an aromatic ring is 1. The third-order valence-corrected chi connectivity index (χ3v) is 3.39. The average Bonchev–Trinajstić information content (AvgIpc) is 2.46. The largest absolute Gasteiger partial charge is 0.398 e. The zero-order chi connectivity index (χ0) is 14.5. The van der Waals surface area contributed by atoms with E-state index in [0.717, 1.165) is 5.56 Å². The molecule has 1 aromatic heterocycles. The third kappa shape index (κ3) is 3.08. The van der Waals surface area contributed by atoms with Gasteiger partial charge in [-0.15, -0.1) is 0 Å². The van der Waals surface area contributed by atoms with E-state index >= 15 is 0 Å². The molecule has 2 N–H and O–H groups in total. The predicted molar refractivity (Wildman–Crippen MR) is 80.5 cm³/mol. The minimum Gasteiger partial charge on any atom is -0.398 e. The van der Waals surface area contributed by atoms with Crippen LogP contribution in [0.3, 0.4) is 0 Å². The van der Waals surface area contributed by atoms with Crippen molar-refractivity contribution in [2.45, 2.75) is 13.5 Å². The zero-order valence-corrected chi connectivity index (χ0v) is 12.0. The van der Waals surface area contributed by atoms with Crippen LogP contribution in [0.15, 0.2) is 42.7 Å². The Morgan fingerprint density at radius 1 is 1.35 bits per heavy atom. The van der Waals surface area contributed by atoms with Crippen molar-refractivity contribution in [3.8, 4) is 0 Å². The first-order valence-electron chi connectivity index (χ1n) is 6.35. The molecule has 0 bridgehead atoms. The first-order valence-corrected chi connectivity index (χ1v) is 6.73. The normalized spacial score (nSPS) is 10.3. The van der Waals surface area contributed by atoms with E-state index in [2.05, 4.69) is 4.98 Å². The number of benzene rings is 1. The number of pyridine rings is 1. The Balaban J connectivity index is 2.23. The molecule has 0 aliphatic rings. The van der Waals surface area contributed by atoms with Gasteiger partial charge in [-0.2, -0.15) is 0 Å². The Morgan fingerprint density at radius 3 is 2.75 bits per heavy atom. The molecule has 0 saturated carbocycles. The van der Waals surface area contributed by atoms with Gasteiger partial charge in [0, 0.05) is 31.2 Å². The van der Waals surface area contributed by atoms with E-state index < -0.39 is 0 Å². The minimum atomic E-state index is -0.122. The van der Waals surface area contributed by atoms with Crippen LogP contribution in [0, 0.1) is 0 Å². The molecule has 104 valence electrons. The molecular formula is C15H16ClN3O. The lowest BCUT2D eigenvalue weighted by molar-refractivity contribution is 0.0753. The van der Waals surface area contributed by atoms with Gasteiger partial charge in [-0.25, -0.2) is 0 Å². The molecule has 1 heterocycles. The first kappa shape index (κ1) is 14.3. The summed E-state index contributed by atoms with van der Waals surface area (Å²) in [5.74, 6) is -0.122. The Kier molecular flexibility index (Phi) is 4.58. The van der Waals surface area contributed by atoms with E-state index in [0.29, 0.717) is 29.4 Å². The van der Waals surface area contributed by atoms with Crippen molar-refractivity contribution >= 4 is 23.2 Å². The van der Waals surface area contributed by atoms with E-state index in [-0.39, 0.29) is 5.91 Å². The highest BCUT2D eigenvalue weighted by Gasteiger charge is 2.17. The molecule has 0 saturated heterocycles. The molecule has 1 aromatic carbocycles. The van der Waals surface area contributed by atoms with Crippen LogP contribution < -0.4 is 5.73 Å². The molecule has 20 heavy (non-hydrogen) atoms. The summed E-state index contributed by atoms with van der Waals surface area (Å²) in [4.78, 5) is 18.1. The maximum atomic E-state index is 12.5. The van der Waals surface area contributed by atoms with E-state index in [1.807, 2.05) is 31.2 Å². The fourth-order valence-corrected chi connectivity index (χ4v) is 2.13. The highest BCUT2D eigenvalue weighted by molar-refractivity contribution is 6.33. The molecule has 2 aromatic rings. The lowest BCUT2D eigenvalue weighted by Gasteiger charge is -2.22. The molecular weight excluding hydrogens is 274 g/mol. The number of para-hydroxylation sites is 1. The summed E-state index contributed by atoms with van der Waals surface area (Å²) >= 11 is 6.02. The van der Waals surface area contributed by atoms with Gasteiger partial charge >= 0.3 is 0 Å². The van der Waals surface area contributed by atoms with E-state index in [4.69, 9.17) is 17.3 Å². The number of amides is 1. The number of halogens is 1. The Labute approximate surface area is 123 Å². The molecule has 5 heteroatoms. The van der Waals surface area contributed by atoms with Crippen LogP contribution >= 0.6 is 11.6 Å². The van der Waals surface area contributed by atoms with Gasteiger partial charge in [0.1, 0.15) is 0 Å². The van der Waals surface area contributed by atoms with Crippen molar-refractivity contribution in [3.63, 3.8) is 0 Å². The number of carbonyl (C=O) groups excluding carboxylic acids is 1. The number of aromatic nitrogens is 1. The van der Waals surface area contributed by atoms with Gasteiger partial charge in [0.25, 0.3) is 5.91 Å². The zero-order valence-electron chi connectivity index (χ0n) is 11.2. The third-order valence-electron chi connectivity index (χ3n) is 3.09. The molecule has 0 spiro atoms. The number of hydrogen-bond donors (Lipinski definition) is 1. The summed E-state index contributed by atoms with van der Waals surface area (Å²) < 4.78 is 0. The van der Waals surface area contributed by atoms with Gasteiger partial charge in [0.05, 0.1) is 10.6 Å². The van der Waals surface area contributed by atoms with Crippen molar-refractivity contribution in [1.29, 1.82) is 0 Å². The highest BCUT2D eigenvalue weighted by atomic mass is 35.5. The molecule has 0 fully saturated rings. The SMILES string of the molecule is CCN(Cc1ccccc1N)C(=O)c1ccncc1Cl. The highest BCUT2D eigenvalue weighted by Crippen LogP contribution is 2.19. The summed E-state index contributed by atoms with van der Waals surface area (Å²) in [5, 5.41) is 0.358. The van der Waals surface area contributed by atoms with Crippen molar-refractivity contribution < 1.29 is 4.79 Å². The Morgan fingerprint density at radius 2 is 2.10 bits per heavy atom. The summed E-state index contributed by atoms with van der Waals surface area (Å²) in [7, 11) is 0. The molecule has 4 nitrogen and oxygen atoms in total. The van der Waals surface area contributed by atoms with Gasteiger partial charge in [0.15, 0.2) is 0 Å². The smallest absolute Gasteiger partial charge is 0.255 e. The van der Waals surface area contributed by atoms with Gasteiger partial charge in [-0.05, 0) is 24.6 Å². The van der Waals surface area contributed by atoms with Crippen molar-refractivity contribution in [3.05, 3.63) is 58.9 Å². The van der Waals surface area contributed by atoms with Crippen LogP contribution in [0.1, 0.15) is 22.8 Å². The minimum absolute atomic E-state index is 0.122. The van der Waals surface area contributed by atoms with Crippen LogP contribution in [0.2, 0.25) is 5.02 Å². The van der Waals surface area contributed by atoms with E-state index in [1.165, 1.54) is 6.20 Å². The van der Waals surface area contributed by atoms with Crippen molar-refractivity contribution in [2.24, 2.45) is 0 Å². The molecule has 0 radical (unpaired) electrons. The molecule has 0 aliphatic heterocycles. The number of nitrogens with two attached hydrogens (primary N) is 1. The molecule has 0 atom stereocenters. The number of hydrogen-bond acceptors (Lipinski definition) is 3. The Hall–Kier alpha value is -2.07. The summed E-state index contributed by atoms with van der Waals surface area (Å²) in [5.41, 5.74) is 7.98. The second kappa shape index (κ2) is 6.39. The molecule has 0 aliphatic carbocycles. The van der Waals surface area contributed by atoms with Crippen LogP contribution in [0.5, 0.6) is 0 Å². The van der Waals surface area contributed by atoms with E-state index in [1.54, 1.807) is 17.2 Å². The van der Waals surface area contributed by atoms with Crippen molar-refractivity contribution in [1.82, 2.24) is 9.88 Å². The second-order valence-corrected chi connectivity index (χ2v) is 4.78. The topological polar surface area (TPSA) is 59.2 Å². The van der Waals surface area contributed by atoms with Crippen LogP contribution in [0.25, 0.3) is 0 Å². The lowest BCUT2D eigenvalue weighted by Crippen LogP contribution is -2.30. The number of carbonyl (C=O) groups is 1. The fourth-order valence-electron chi connectivity index (χ4n) is 1.93. The number of rotatable bonds is 4. The molecule has 2 rings (SSSR count). The average molecular weight is 290 g/mol. The fraction of sp³-hybridized carbons (Fsp3) is 0.200. The predicted octanol–water partition coefficient (Wildman–Crippen LogP) is 2.98. The monoisotopic (exact) mass is 289 g/mol. The van der Waals surface area contributed by atoms with Crippen LogP contribution in [-0.4, -0.2) is 22.3 Å². The summed E-state index contributed by atoms with van der Waals surface area (Å²) in [6.07, 6.45) is 3.03. The summed E-state index contributed by atoms with van der Waals surface area (Å²) in [6.45, 7) is 2.96. The van der Waals surface area contributed by atoms with Gasteiger partial charge in [-0.1, -0.05) is 29.8 Å².